The van der Waals surface area contributed by atoms with E-state index in [-0.39, 0.29) is 11.2 Å². The summed E-state index contributed by atoms with van der Waals surface area (Å²) in [4.78, 5) is 34.3. The predicted octanol–water partition coefficient (Wildman–Crippen LogP) is 1.20. The van der Waals surface area contributed by atoms with Crippen LogP contribution in [0.3, 0.4) is 0 Å². The van der Waals surface area contributed by atoms with Crippen molar-refractivity contribution in [3.63, 3.8) is 0 Å². The van der Waals surface area contributed by atoms with Gasteiger partial charge >= 0.3 is 5.69 Å². The highest BCUT2D eigenvalue weighted by atomic mass is 35.5. The number of H-pyrrole nitrogens is 3. The smallest absolute Gasteiger partial charge is 0.327 e. The first kappa shape index (κ1) is 12.5. The normalized spacial score (nSPS) is 10.8. The molecule has 102 valence electrons. The van der Waals surface area contributed by atoms with Crippen LogP contribution in [0.5, 0.6) is 0 Å². The van der Waals surface area contributed by atoms with Crippen LogP contribution in [0.2, 0.25) is 5.02 Å². The van der Waals surface area contributed by atoms with Crippen molar-refractivity contribution >= 4 is 28.5 Å². The Balaban J connectivity index is 1.87. The molecule has 1 aromatic carbocycles. The van der Waals surface area contributed by atoms with E-state index in [9.17, 15) is 9.59 Å². The third kappa shape index (κ3) is 2.43. The largest absolute Gasteiger partial charge is 0.378 e. The van der Waals surface area contributed by atoms with Gasteiger partial charge in [-0.25, -0.2) is 9.78 Å². The summed E-state index contributed by atoms with van der Waals surface area (Å²) >= 11 is 5.88. The van der Waals surface area contributed by atoms with Crippen molar-refractivity contribution in [1.82, 2.24) is 19.9 Å². The van der Waals surface area contributed by atoms with E-state index in [1.54, 1.807) is 12.1 Å². The minimum atomic E-state index is -0.580. The molecule has 0 aliphatic carbocycles. The summed E-state index contributed by atoms with van der Waals surface area (Å²) in [5, 5.41) is 3.74. The number of halogens is 1. The molecule has 0 spiro atoms. The summed E-state index contributed by atoms with van der Waals surface area (Å²) in [6, 6.07) is 7.24. The highest BCUT2D eigenvalue weighted by Crippen LogP contribution is 2.15. The zero-order valence-electron chi connectivity index (χ0n) is 10.2. The third-order valence-electron chi connectivity index (χ3n) is 2.72. The lowest BCUT2D eigenvalue weighted by molar-refractivity contribution is 1.01. The molecule has 0 aliphatic heterocycles. The Morgan fingerprint density at radius 1 is 1.20 bits per heavy atom. The van der Waals surface area contributed by atoms with Gasteiger partial charge in [-0.05, 0) is 18.2 Å². The Hall–Kier alpha value is -2.54. The van der Waals surface area contributed by atoms with Gasteiger partial charge in [0.15, 0.2) is 5.65 Å². The molecule has 0 amide bonds. The van der Waals surface area contributed by atoms with Crippen molar-refractivity contribution in [2.45, 2.75) is 6.54 Å². The van der Waals surface area contributed by atoms with E-state index in [1.807, 2.05) is 12.1 Å². The van der Waals surface area contributed by atoms with Gasteiger partial charge in [0.25, 0.3) is 5.56 Å². The molecule has 2 heterocycles. The van der Waals surface area contributed by atoms with Crippen molar-refractivity contribution in [2.24, 2.45) is 0 Å². The molecule has 0 saturated carbocycles. The van der Waals surface area contributed by atoms with Crippen LogP contribution < -0.4 is 16.6 Å². The molecule has 2 aromatic heterocycles. The van der Waals surface area contributed by atoms with Crippen molar-refractivity contribution in [3.8, 4) is 0 Å². The fourth-order valence-corrected chi connectivity index (χ4v) is 2.04. The third-order valence-corrected chi connectivity index (χ3v) is 2.96. The maximum Gasteiger partial charge on any atom is 0.327 e. The molecule has 0 aliphatic rings. The van der Waals surface area contributed by atoms with Crippen molar-refractivity contribution in [3.05, 3.63) is 56.0 Å². The number of hydrogen-bond acceptors (Lipinski definition) is 4. The Bertz CT molecular complexity index is 879. The zero-order valence-corrected chi connectivity index (χ0v) is 10.9. The van der Waals surface area contributed by atoms with Gasteiger partial charge in [0.05, 0.1) is 6.54 Å². The second-order valence-electron chi connectivity index (χ2n) is 4.18. The van der Waals surface area contributed by atoms with Crippen LogP contribution in [0.25, 0.3) is 11.2 Å². The summed E-state index contributed by atoms with van der Waals surface area (Å²) in [7, 11) is 0. The molecule has 0 unspecified atom stereocenters. The van der Waals surface area contributed by atoms with Gasteiger partial charge < -0.3 is 10.3 Å². The van der Waals surface area contributed by atoms with Gasteiger partial charge in [-0.15, -0.1) is 0 Å². The van der Waals surface area contributed by atoms with Gasteiger partial charge in [0.1, 0.15) is 11.3 Å². The predicted molar refractivity (Wildman–Crippen MR) is 76.1 cm³/mol. The van der Waals surface area contributed by atoms with Crippen LogP contribution in [-0.2, 0) is 6.54 Å². The van der Waals surface area contributed by atoms with Crippen LogP contribution in [0, 0.1) is 0 Å². The summed E-state index contributed by atoms with van der Waals surface area (Å²) in [6.07, 6.45) is 0. The number of anilines is 1. The molecule has 20 heavy (non-hydrogen) atoms. The number of nitrogens with one attached hydrogen (secondary N) is 4. The summed E-state index contributed by atoms with van der Waals surface area (Å²) < 4.78 is 0. The zero-order chi connectivity index (χ0) is 14.1. The maximum atomic E-state index is 11.5. The topological polar surface area (TPSA) is 106 Å². The maximum absolute atomic E-state index is 11.5. The van der Waals surface area contributed by atoms with Gasteiger partial charge in [-0.2, -0.15) is 0 Å². The number of nitrogens with zero attached hydrogens (tertiary/aromatic N) is 1. The van der Waals surface area contributed by atoms with E-state index < -0.39 is 11.2 Å². The molecule has 0 atom stereocenters. The lowest BCUT2D eigenvalue weighted by Gasteiger charge is -2.03. The van der Waals surface area contributed by atoms with Crippen LogP contribution >= 0.6 is 11.6 Å². The Kier molecular flexibility index (Phi) is 3.03. The number of rotatable bonds is 3. The van der Waals surface area contributed by atoms with Crippen LogP contribution in [0.1, 0.15) is 5.82 Å². The van der Waals surface area contributed by atoms with Gasteiger partial charge in [0, 0.05) is 10.7 Å². The Morgan fingerprint density at radius 2 is 2.05 bits per heavy atom. The summed E-state index contributed by atoms with van der Waals surface area (Å²) in [5.74, 6) is 0.535. The molecule has 0 fully saturated rings. The van der Waals surface area contributed by atoms with E-state index in [0.29, 0.717) is 17.4 Å². The Labute approximate surface area is 117 Å². The fourth-order valence-electron chi connectivity index (χ4n) is 1.85. The highest BCUT2D eigenvalue weighted by Gasteiger charge is 2.07. The molecule has 3 aromatic rings. The van der Waals surface area contributed by atoms with Crippen molar-refractivity contribution in [1.29, 1.82) is 0 Å². The van der Waals surface area contributed by atoms with Crippen LogP contribution in [0.15, 0.2) is 33.9 Å². The minimum absolute atomic E-state index is 0.238. The first-order valence-electron chi connectivity index (χ1n) is 5.82. The first-order chi connectivity index (χ1) is 9.61. The van der Waals surface area contributed by atoms with E-state index in [4.69, 9.17) is 11.6 Å². The summed E-state index contributed by atoms with van der Waals surface area (Å²) in [5.41, 5.74) is 0.239. The number of hydrogen-bond donors (Lipinski definition) is 4. The molecular formula is C12H10ClN5O2. The number of aromatic nitrogens is 4. The number of aromatic amines is 3. The van der Waals surface area contributed by atoms with E-state index >= 15 is 0 Å². The molecule has 0 radical (unpaired) electrons. The van der Waals surface area contributed by atoms with E-state index in [0.717, 1.165) is 5.69 Å². The lowest BCUT2D eigenvalue weighted by Crippen LogP contribution is -2.21. The van der Waals surface area contributed by atoms with Gasteiger partial charge in [-0.3, -0.25) is 14.8 Å². The SMILES string of the molecule is O=c1[nH]c(=O)c2[nH]c(CNc3cccc(Cl)c3)nc2[nH]1. The minimum Gasteiger partial charge on any atom is -0.378 e. The van der Waals surface area contributed by atoms with E-state index in [2.05, 4.69) is 25.3 Å². The second-order valence-corrected chi connectivity index (χ2v) is 4.62. The number of benzene rings is 1. The quantitative estimate of drug-likeness (QED) is 0.582. The molecule has 0 bridgehead atoms. The molecule has 0 saturated heterocycles. The molecule has 8 heteroatoms. The average molecular weight is 292 g/mol. The average Bonchev–Trinajstić information content (AvgIpc) is 2.80. The monoisotopic (exact) mass is 291 g/mol. The standard InChI is InChI=1S/C12H10ClN5O2/c13-6-2-1-3-7(4-6)14-5-8-15-9-10(16-8)17-12(20)18-11(9)19/h1-4,14H,5H2,(H3,15,16,17,18,19,20). The fraction of sp³-hybridized carbons (Fsp3) is 0.0833. The molecular weight excluding hydrogens is 282 g/mol. The van der Waals surface area contributed by atoms with Crippen LogP contribution in [-0.4, -0.2) is 19.9 Å². The molecule has 7 nitrogen and oxygen atoms in total. The molecule has 3 rings (SSSR count). The highest BCUT2D eigenvalue weighted by molar-refractivity contribution is 6.30. The Morgan fingerprint density at radius 3 is 2.85 bits per heavy atom. The molecule has 4 N–H and O–H groups in total. The van der Waals surface area contributed by atoms with E-state index in [1.165, 1.54) is 0 Å². The van der Waals surface area contributed by atoms with Gasteiger partial charge in [0.2, 0.25) is 0 Å². The van der Waals surface area contributed by atoms with Crippen LogP contribution in [0.4, 0.5) is 5.69 Å². The van der Waals surface area contributed by atoms with Gasteiger partial charge in [-0.1, -0.05) is 17.7 Å². The lowest BCUT2D eigenvalue weighted by atomic mass is 10.3. The van der Waals surface area contributed by atoms with Crippen molar-refractivity contribution in [2.75, 3.05) is 5.32 Å². The first-order valence-corrected chi connectivity index (χ1v) is 6.20. The second kappa shape index (κ2) is 4.86. The number of imidazole rings is 1. The number of fused-ring (bicyclic) bond motifs is 1. The summed E-state index contributed by atoms with van der Waals surface area (Å²) in [6.45, 7) is 0.372. The van der Waals surface area contributed by atoms with Crippen molar-refractivity contribution < 1.29 is 0 Å².